The SMILES string of the molecule is CC(C)c1ccc(-c2ccoc2C(=O)O)cc1. The van der Waals surface area contributed by atoms with Crippen molar-refractivity contribution in [3.8, 4) is 11.1 Å². The Hall–Kier alpha value is -2.03. The second-order valence-electron chi connectivity index (χ2n) is 4.25. The second-order valence-corrected chi connectivity index (χ2v) is 4.25. The molecule has 3 nitrogen and oxygen atoms in total. The Morgan fingerprint density at radius 3 is 2.35 bits per heavy atom. The van der Waals surface area contributed by atoms with E-state index < -0.39 is 5.97 Å². The van der Waals surface area contributed by atoms with E-state index in [0.29, 0.717) is 11.5 Å². The number of furan rings is 1. The fraction of sp³-hybridized carbons (Fsp3) is 0.214. The first-order valence-corrected chi connectivity index (χ1v) is 5.50. The fourth-order valence-corrected chi connectivity index (χ4v) is 1.75. The molecule has 1 aromatic carbocycles. The number of rotatable bonds is 3. The van der Waals surface area contributed by atoms with E-state index in [-0.39, 0.29) is 5.76 Å². The second kappa shape index (κ2) is 4.45. The van der Waals surface area contributed by atoms with Gasteiger partial charge in [-0.1, -0.05) is 38.1 Å². The van der Waals surface area contributed by atoms with Gasteiger partial charge in [0.15, 0.2) is 0 Å². The van der Waals surface area contributed by atoms with Crippen LogP contribution < -0.4 is 0 Å². The first-order valence-electron chi connectivity index (χ1n) is 5.50. The highest BCUT2D eigenvalue weighted by Crippen LogP contribution is 2.26. The zero-order valence-corrected chi connectivity index (χ0v) is 9.81. The van der Waals surface area contributed by atoms with Crippen LogP contribution in [0.2, 0.25) is 0 Å². The average molecular weight is 230 g/mol. The van der Waals surface area contributed by atoms with Gasteiger partial charge in [0, 0.05) is 5.56 Å². The first kappa shape index (κ1) is 11.5. The van der Waals surface area contributed by atoms with Crippen LogP contribution in [0.4, 0.5) is 0 Å². The minimum atomic E-state index is -1.04. The van der Waals surface area contributed by atoms with Crippen molar-refractivity contribution < 1.29 is 14.3 Å². The molecule has 0 unspecified atom stereocenters. The molecular formula is C14H14O3. The van der Waals surface area contributed by atoms with Gasteiger partial charge in [0.2, 0.25) is 5.76 Å². The lowest BCUT2D eigenvalue weighted by Crippen LogP contribution is -1.96. The van der Waals surface area contributed by atoms with Crippen LogP contribution in [0.3, 0.4) is 0 Å². The summed E-state index contributed by atoms with van der Waals surface area (Å²) in [6.07, 6.45) is 1.40. The summed E-state index contributed by atoms with van der Waals surface area (Å²) in [4.78, 5) is 10.9. The van der Waals surface area contributed by atoms with Crippen molar-refractivity contribution in [1.82, 2.24) is 0 Å². The summed E-state index contributed by atoms with van der Waals surface area (Å²) in [6, 6.07) is 9.55. The molecule has 17 heavy (non-hydrogen) atoms. The number of hydrogen-bond donors (Lipinski definition) is 1. The summed E-state index contributed by atoms with van der Waals surface area (Å²) in [5.41, 5.74) is 2.71. The van der Waals surface area contributed by atoms with E-state index in [1.807, 2.05) is 24.3 Å². The molecule has 0 saturated carbocycles. The molecule has 2 aromatic rings. The van der Waals surface area contributed by atoms with Crippen LogP contribution in [-0.4, -0.2) is 11.1 Å². The molecule has 1 N–H and O–H groups in total. The highest BCUT2D eigenvalue weighted by Gasteiger charge is 2.15. The van der Waals surface area contributed by atoms with Crippen molar-refractivity contribution in [1.29, 1.82) is 0 Å². The number of aromatic carboxylic acids is 1. The maximum Gasteiger partial charge on any atom is 0.372 e. The Kier molecular flexibility index (Phi) is 3.00. The maximum atomic E-state index is 10.9. The van der Waals surface area contributed by atoms with Crippen molar-refractivity contribution in [3.63, 3.8) is 0 Å². The van der Waals surface area contributed by atoms with E-state index in [9.17, 15) is 4.79 Å². The molecule has 0 amide bonds. The van der Waals surface area contributed by atoms with E-state index in [2.05, 4.69) is 13.8 Å². The molecule has 0 atom stereocenters. The summed E-state index contributed by atoms with van der Waals surface area (Å²) in [5, 5.41) is 8.96. The van der Waals surface area contributed by atoms with Gasteiger partial charge in [-0.3, -0.25) is 0 Å². The molecule has 0 aliphatic heterocycles. The number of hydrogen-bond acceptors (Lipinski definition) is 2. The highest BCUT2D eigenvalue weighted by atomic mass is 16.4. The Labute approximate surface area is 99.7 Å². The van der Waals surface area contributed by atoms with Crippen molar-refractivity contribution in [2.24, 2.45) is 0 Å². The third-order valence-electron chi connectivity index (χ3n) is 2.75. The molecular weight excluding hydrogens is 216 g/mol. The van der Waals surface area contributed by atoms with Crippen LogP contribution >= 0.6 is 0 Å². The fourth-order valence-electron chi connectivity index (χ4n) is 1.75. The van der Waals surface area contributed by atoms with Gasteiger partial charge in [-0.25, -0.2) is 4.79 Å². The predicted molar refractivity (Wildman–Crippen MR) is 65.2 cm³/mol. The van der Waals surface area contributed by atoms with Crippen LogP contribution in [0.1, 0.15) is 35.9 Å². The van der Waals surface area contributed by atoms with E-state index in [0.717, 1.165) is 5.56 Å². The molecule has 0 aliphatic carbocycles. The summed E-state index contributed by atoms with van der Waals surface area (Å²) in [5.74, 6) is -0.590. The van der Waals surface area contributed by atoms with Gasteiger partial charge in [-0.05, 0) is 23.1 Å². The first-order chi connectivity index (χ1) is 8.09. The molecule has 0 aliphatic rings. The highest BCUT2D eigenvalue weighted by molar-refractivity contribution is 5.93. The Bertz CT molecular complexity index is 521. The molecule has 0 spiro atoms. The van der Waals surface area contributed by atoms with Gasteiger partial charge < -0.3 is 9.52 Å². The van der Waals surface area contributed by atoms with E-state index in [1.54, 1.807) is 6.07 Å². The number of carboxylic acids is 1. The van der Waals surface area contributed by atoms with Gasteiger partial charge in [0.05, 0.1) is 6.26 Å². The van der Waals surface area contributed by atoms with Crippen LogP contribution in [0.5, 0.6) is 0 Å². The largest absolute Gasteiger partial charge is 0.475 e. The third-order valence-corrected chi connectivity index (χ3v) is 2.75. The van der Waals surface area contributed by atoms with Crippen LogP contribution in [0.15, 0.2) is 41.0 Å². The standard InChI is InChI=1S/C14H14O3/c1-9(2)10-3-5-11(6-4-10)12-7-8-17-13(12)14(15)16/h3-9H,1-2H3,(H,15,16). The molecule has 1 heterocycles. The molecule has 0 radical (unpaired) electrons. The lowest BCUT2D eigenvalue weighted by Gasteiger charge is -2.06. The zero-order chi connectivity index (χ0) is 12.4. The number of carboxylic acid groups (broad SMARTS) is 1. The van der Waals surface area contributed by atoms with Crippen LogP contribution in [0, 0.1) is 0 Å². The molecule has 0 fully saturated rings. The third kappa shape index (κ3) is 2.23. The topological polar surface area (TPSA) is 50.4 Å². The van der Waals surface area contributed by atoms with Crippen molar-refractivity contribution in [2.45, 2.75) is 19.8 Å². The minimum absolute atomic E-state index is 0.0118. The number of carbonyl (C=O) groups is 1. The summed E-state index contributed by atoms with van der Waals surface area (Å²) in [7, 11) is 0. The van der Waals surface area contributed by atoms with Gasteiger partial charge in [0.1, 0.15) is 0 Å². The normalized spacial score (nSPS) is 10.8. The minimum Gasteiger partial charge on any atom is -0.475 e. The summed E-state index contributed by atoms with van der Waals surface area (Å²) >= 11 is 0. The lowest BCUT2D eigenvalue weighted by atomic mass is 9.99. The van der Waals surface area contributed by atoms with Gasteiger partial charge in [-0.15, -0.1) is 0 Å². The Morgan fingerprint density at radius 1 is 1.18 bits per heavy atom. The molecule has 1 aromatic heterocycles. The quantitative estimate of drug-likeness (QED) is 0.873. The monoisotopic (exact) mass is 230 g/mol. The summed E-state index contributed by atoms with van der Waals surface area (Å²) < 4.78 is 4.96. The van der Waals surface area contributed by atoms with Crippen LogP contribution in [-0.2, 0) is 0 Å². The van der Waals surface area contributed by atoms with E-state index in [4.69, 9.17) is 9.52 Å². The number of benzene rings is 1. The Morgan fingerprint density at radius 2 is 1.82 bits per heavy atom. The molecule has 2 rings (SSSR count). The van der Waals surface area contributed by atoms with Crippen molar-refractivity contribution in [3.05, 3.63) is 47.9 Å². The van der Waals surface area contributed by atoms with Gasteiger partial charge in [-0.2, -0.15) is 0 Å². The maximum absolute atomic E-state index is 10.9. The van der Waals surface area contributed by atoms with E-state index >= 15 is 0 Å². The van der Waals surface area contributed by atoms with Crippen LogP contribution in [0.25, 0.3) is 11.1 Å². The predicted octanol–water partition coefficient (Wildman–Crippen LogP) is 3.77. The van der Waals surface area contributed by atoms with E-state index in [1.165, 1.54) is 11.8 Å². The smallest absolute Gasteiger partial charge is 0.372 e. The Balaban J connectivity index is 2.40. The zero-order valence-electron chi connectivity index (χ0n) is 9.81. The molecule has 0 bridgehead atoms. The molecule has 0 saturated heterocycles. The molecule has 88 valence electrons. The van der Waals surface area contributed by atoms with Crippen molar-refractivity contribution in [2.75, 3.05) is 0 Å². The average Bonchev–Trinajstić information content (AvgIpc) is 2.78. The molecule has 3 heteroatoms. The van der Waals surface area contributed by atoms with Crippen molar-refractivity contribution >= 4 is 5.97 Å². The summed E-state index contributed by atoms with van der Waals surface area (Å²) in [6.45, 7) is 4.24. The van der Waals surface area contributed by atoms with Gasteiger partial charge in [0.25, 0.3) is 0 Å². The van der Waals surface area contributed by atoms with Gasteiger partial charge >= 0.3 is 5.97 Å². The lowest BCUT2D eigenvalue weighted by molar-refractivity contribution is 0.0663.